The van der Waals surface area contributed by atoms with Gasteiger partial charge in [0.1, 0.15) is 8.07 Å². The van der Waals surface area contributed by atoms with Crippen LogP contribution in [0.4, 0.5) is 0 Å². The van der Waals surface area contributed by atoms with Crippen molar-refractivity contribution in [1.29, 1.82) is 0 Å². The van der Waals surface area contributed by atoms with E-state index in [2.05, 4.69) is 31.1 Å². The van der Waals surface area contributed by atoms with E-state index >= 15 is 0 Å². The van der Waals surface area contributed by atoms with E-state index in [1.807, 2.05) is 6.92 Å². The van der Waals surface area contributed by atoms with Gasteiger partial charge in [0.25, 0.3) is 5.91 Å². The molecule has 0 unspecified atom stereocenters. The maximum absolute atomic E-state index is 12.6. The smallest absolute Gasteiger partial charge is 0.291 e. The number of carbonyl (C=O) groups is 3. The van der Waals surface area contributed by atoms with E-state index < -0.39 is 25.4 Å². The third-order valence-electron chi connectivity index (χ3n) is 4.77. The summed E-state index contributed by atoms with van der Waals surface area (Å²) in [5.74, 6) is 2.38. The molecule has 25 heavy (non-hydrogen) atoms. The van der Waals surface area contributed by atoms with Gasteiger partial charge in [-0.15, -0.1) is 11.5 Å². The Kier molecular flexibility index (Phi) is 7.61. The van der Waals surface area contributed by atoms with Crippen molar-refractivity contribution in [1.82, 2.24) is 4.90 Å². The zero-order valence-corrected chi connectivity index (χ0v) is 17.7. The Morgan fingerprint density at radius 3 is 2.40 bits per heavy atom. The van der Waals surface area contributed by atoms with Gasteiger partial charge < -0.3 is 4.90 Å². The number of unbranched alkanes of at least 4 members (excludes halogenated alkanes) is 1. The minimum absolute atomic E-state index is 0.0720. The summed E-state index contributed by atoms with van der Waals surface area (Å²) >= 11 is 0. The third-order valence-corrected chi connectivity index (χ3v) is 5.69. The van der Waals surface area contributed by atoms with Crippen LogP contribution >= 0.6 is 0 Å². The molecule has 0 spiro atoms. The molecule has 1 aliphatic rings. The molecule has 1 heterocycles. The molecule has 1 saturated heterocycles. The Morgan fingerprint density at radius 1 is 1.20 bits per heavy atom. The van der Waals surface area contributed by atoms with Crippen molar-refractivity contribution < 1.29 is 14.4 Å². The number of hydrogen-bond donors (Lipinski definition) is 0. The van der Waals surface area contributed by atoms with Crippen molar-refractivity contribution in [2.24, 2.45) is 5.41 Å². The average molecular weight is 364 g/mol. The lowest BCUT2D eigenvalue weighted by molar-refractivity contribution is -0.151. The molecule has 1 amide bonds. The van der Waals surface area contributed by atoms with E-state index in [0.717, 1.165) is 19.3 Å². The fraction of sp³-hybridized carbons (Fsp3) is 0.750. The second-order valence-electron chi connectivity index (χ2n) is 8.59. The van der Waals surface area contributed by atoms with Crippen LogP contribution in [0.2, 0.25) is 19.6 Å². The van der Waals surface area contributed by atoms with Gasteiger partial charge in [0.2, 0.25) is 5.78 Å². The van der Waals surface area contributed by atoms with Gasteiger partial charge in [-0.05, 0) is 25.7 Å². The molecule has 0 bridgehead atoms. The molecule has 0 radical (unpaired) electrons. The van der Waals surface area contributed by atoms with Crippen LogP contribution in [0.5, 0.6) is 0 Å². The molecule has 0 aromatic rings. The first-order valence-electron chi connectivity index (χ1n) is 9.38. The quantitative estimate of drug-likeness (QED) is 0.300. The number of amides is 1. The Morgan fingerprint density at radius 2 is 1.84 bits per heavy atom. The zero-order chi connectivity index (χ0) is 19.3. The van der Waals surface area contributed by atoms with Crippen LogP contribution in [0.1, 0.15) is 59.3 Å². The summed E-state index contributed by atoms with van der Waals surface area (Å²) in [5, 5.41) is 0. The highest BCUT2D eigenvalue weighted by molar-refractivity contribution is 6.83. The normalized spacial score (nSPS) is 17.8. The Balaban J connectivity index is 2.62. The number of carbonyl (C=O) groups excluding carboxylic acids is 3. The van der Waals surface area contributed by atoms with Gasteiger partial charge in [-0.2, -0.15) is 0 Å². The van der Waals surface area contributed by atoms with Crippen LogP contribution in [-0.2, 0) is 14.4 Å². The van der Waals surface area contributed by atoms with Crippen LogP contribution in [0.15, 0.2) is 0 Å². The summed E-state index contributed by atoms with van der Waals surface area (Å²) in [6.45, 7) is 12.6. The van der Waals surface area contributed by atoms with Crippen molar-refractivity contribution in [3.8, 4) is 11.5 Å². The maximum Gasteiger partial charge on any atom is 0.291 e. The van der Waals surface area contributed by atoms with Gasteiger partial charge >= 0.3 is 0 Å². The van der Waals surface area contributed by atoms with E-state index in [9.17, 15) is 14.4 Å². The lowest BCUT2D eigenvalue weighted by atomic mass is 9.84. The van der Waals surface area contributed by atoms with Crippen molar-refractivity contribution >= 4 is 25.5 Å². The molecular formula is C20H33NO3Si. The Labute approximate surface area is 153 Å². The minimum Gasteiger partial charge on any atom is -0.326 e. The van der Waals surface area contributed by atoms with Crippen LogP contribution < -0.4 is 0 Å². The second kappa shape index (κ2) is 8.80. The van der Waals surface area contributed by atoms with Gasteiger partial charge in [-0.3, -0.25) is 14.4 Å². The average Bonchev–Trinajstić information content (AvgIpc) is 3.01. The Bertz CT molecular complexity index is 578. The predicted octanol–water partition coefficient (Wildman–Crippen LogP) is 3.60. The van der Waals surface area contributed by atoms with Crippen molar-refractivity contribution in [3.63, 3.8) is 0 Å². The maximum atomic E-state index is 12.6. The predicted molar refractivity (Wildman–Crippen MR) is 104 cm³/mol. The SMILES string of the molecule is CCC(C)(C)C(=O)C(=O)N1CCC[C@H]1C(=O)CCCC#C[Si](C)(C)C. The fourth-order valence-electron chi connectivity index (χ4n) is 2.77. The molecule has 140 valence electrons. The number of nitrogens with zero attached hydrogens (tertiary/aromatic N) is 1. The summed E-state index contributed by atoms with van der Waals surface area (Å²) in [5.41, 5.74) is 2.63. The molecule has 1 fully saturated rings. The highest BCUT2D eigenvalue weighted by Crippen LogP contribution is 2.26. The number of rotatable bonds is 7. The molecule has 0 aromatic heterocycles. The summed E-state index contributed by atoms with van der Waals surface area (Å²) in [4.78, 5) is 39.0. The first-order chi connectivity index (χ1) is 11.5. The molecule has 0 aromatic carbocycles. The molecular weight excluding hydrogens is 330 g/mol. The fourth-order valence-corrected chi connectivity index (χ4v) is 3.43. The third kappa shape index (κ3) is 6.43. The summed E-state index contributed by atoms with van der Waals surface area (Å²) in [6, 6.07) is -0.422. The van der Waals surface area contributed by atoms with Gasteiger partial charge in [0, 0.05) is 24.8 Å². The number of hydrogen-bond acceptors (Lipinski definition) is 3. The Hall–Kier alpha value is -1.41. The van der Waals surface area contributed by atoms with E-state index in [-0.39, 0.29) is 11.6 Å². The van der Waals surface area contributed by atoms with Crippen molar-refractivity contribution in [2.45, 2.75) is 85.0 Å². The minimum atomic E-state index is -1.36. The van der Waals surface area contributed by atoms with Gasteiger partial charge in [0.05, 0.1) is 6.04 Å². The monoisotopic (exact) mass is 363 g/mol. The van der Waals surface area contributed by atoms with Crippen LogP contribution in [0.3, 0.4) is 0 Å². The van der Waals surface area contributed by atoms with Crippen molar-refractivity contribution in [2.75, 3.05) is 6.54 Å². The lowest BCUT2D eigenvalue weighted by Crippen LogP contribution is -2.47. The first kappa shape index (κ1) is 21.6. The number of Topliss-reactive ketones (excluding diaryl/α,β-unsaturated/α-hetero) is 2. The van der Waals surface area contributed by atoms with Crippen LogP contribution in [0, 0.1) is 16.9 Å². The molecule has 0 N–H and O–H groups in total. The molecule has 5 heteroatoms. The van der Waals surface area contributed by atoms with E-state index in [1.54, 1.807) is 13.8 Å². The molecule has 0 aliphatic carbocycles. The van der Waals surface area contributed by atoms with Crippen LogP contribution in [0.25, 0.3) is 0 Å². The van der Waals surface area contributed by atoms with Gasteiger partial charge in [0.15, 0.2) is 5.78 Å². The summed E-state index contributed by atoms with van der Waals surface area (Å²) in [7, 11) is -1.36. The first-order valence-corrected chi connectivity index (χ1v) is 12.9. The van der Waals surface area contributed by atoms with E-state index in [4.69, 9.17) is 0 Å². The molecule has 0 saturated carbocycles. The van der Waals surface area contributed by atoms with E-state index in [0.29, 0.717) is 25.8 Å². The number of likely N-dealkylation sites (tertiary alicyclic amines) is 1. The van der Waals surface area contributed by atoms with Crippen LogP contribution in [-0.4, -0.2) is 43.0 Å². The van der Waals surface area contributed by atoms with E-state index in [1.165, 1.54) is 4.90 Å². The zero-order valence-electron chi connectivity index (χ0n) is 16.7. The highest BCUT2D eigenvalue weighted by Gasteiger charge is 2.40. The summed E-state index contributed by atoms with van der Waals surface area (Å²) < 4.78 is 0. The largest absolute Gasteiger partial charge is 0.326 e. The summed E-state index contributed by atoms with van der Waals surface area (Å²) in [6.07, 6.45) is 3.95. The lowest BCUT2D eigenvalue weighted by Gasteiger charge is -2.27. The molecule has 1 rings (SSSR count). The highest BCUT2D eigenvalue weighted by atomic mass is 28.3. The van der Waals surface area contributed by atoms with Gasteiger partial charge in [-0.25, -0.2) is 0 Å². The topological polar surface area (TPSA) is 54.5 Å². The van der Waals surface area contributed by atoms with Gasteiger partial charge in [-0.1, -0.05) is 40.4 Å². The molecule has 1 atom stereocenters. The second-order valence-corrected chi connectivity index (χ2v) is 13.3. The van der Waals surface area contributed by atoms with Crippen molar-refractivity contribution in [3.05, 3.63) is 0 Å². The molecule has 1 aliphatic heterocycles. The standard InChI is InChI=1S/C20H33NO3Si/c1-7-20(2,3)18(23)19(24)21-14-11-12-16(21)17(22)13-9-8-10-15-25(4,5)6/h16H,7-9,11-14H2,1-6H3/t16-/m0/s1. The molecule has 4 nitrogen and oxygen atoms in total. The number of ketones is 2.